The number of thioether (sulfide) groups is 1. The van der Waals surface area contributed by atoms with Gasteiger partial charge in [0.15, 0.2) is 15.1 Å². The second-order valence-corrected chi connectivity index (χ2v) is 9.95. The number of benzene rings is 2. The molecule has 2 atom stereocenters. The monoisotopic (exact) mass is 491 g/mol. The molecule has 172 valence electrons. The Morgan fingerprint density at radius 3 is 2.47 bits per heavy atom. The molecule has 3 rings (SSSR count). The van der Waals surface area contributed by atoms with E-state index in [1.54, 1.807) is 0 Å². The molecule has 2 aromatic carbocycles. The van der Waals surface area contributed by atoms with Crippen LogP contribution in [0.3, 0.4) is 0 Å². The maximum atomic E-state index is 12.9. The van der Waals surface area contributed by atoms with E-state index >= 15 is 0 Å². The zero-order valence-electron chi connectivity index (χ0n) is 16.1. The van der Waals surface area contributed by atoms with E-state index in [1.165, 1.54) is 24.3 Å². The topological polar surface area (TPSA) is 104 Å². The van der Waals surface area contributed by atoms with Gasteiger partial charge in [-0.15, -0.1) is 11.8 Å². The molecule has 0 spiro atoms. The number of halogens is 4. The van der Waals surface area contributed by atoms with Crippen molar-refractivity contribution in [3.05, 3.63) is 59.9 Å². The van der Waals surface area contributed by atoms with Crippen molar-refractivity contribution in [1.82, 2.24) is 10.6 Å². The van der Waals surface area contributed by atoms with Crippen molar-refractivity contribution in [2.45, 2.75) is 21.8 Å². The lowest BCUT2D eigenvalue weighted by atomic mass is 10.2. The molecule has 0 aliphatic carbocycles. The van der Waals surface area contributed by atoms with Crippen molar-refractivity contribution in [2.75, 3.05) is 17.6 Å². The van der Waals surface area contributed by atoms with Gasteiger partial charge in [0.25, 0.3) is 0 Å². The van der Waals surface area contributed by atoms with Crippen LogP contribution in [0, 0.1) is 5.82 Å². The first kappa shape index (κ1) is 24.0. The molecule has 32 heavy (non-hydrogen) atoms. The summed E-state index contributed by atoms with van der Waals surface area (Å²) in [5.41, 5.74) is -1.54. The van der Waals surface area contributed by atoms with Crippen molar-refractivity contribution in [2.24, 2.45) is 0 Å². The summed E-state index contributed by atoms with van der Waals surface area (Å²) in [6, 6.07) is 8.29. The minimum Gasteiger partial charge on any atom is -0.331 e. The Morgan fingerprint density at radius 1 is 1.16 bits per heavy atom. The molecule has 13 heteroatoms. The number of rotatable bonds is 6. The first-order valence-electron chi connectivity index (χ1n) is 9.09. The van der Waals surface area contributed by atoms with E-state index in [-0.39, 0.29) is 12.3 Å². The van der Waals surface area contributed by atoms with Crippen LogP contribution in [-0.4, -0.2) is 43.3 Å². The van der Waals surface area contributed by atoms with Gasteiger partial charge in [0.2, 0.25) is 11.8 Å². The Hall–Kier alpha value is -2.64. The molecule has 2 unspecified atom stereocenters. The number of hydrogen-bond donors (Lipinski definition) is 3. The summed E-state index contributed by atoms with van der Waals surface area (Å²) in [4.78, 5) is 23.7. The molecule has 0 bridgehead atoms. The van der Waals surface area contributed by atoms with Gasteiger partial charge in [-0.05, 0) is 42.5 Å². The van der Waals surface area contributed by atoms with Gasteiger partial charge in [-0.1, -0.05) is 6.07 Å². The Bertz CT molecular complexity index is 1110. The molecule has 1 heterocycles. The number of anilines is 1. The molecular formula is C19H17F4N3O4S2. The fourth-order valence-electron chi connectivity index (χ4n) is 2.83. The molecule has 7 nitrogen and oxygen atoms in total. The summed E-state index contributed by atoms with van der Waals surface area (Å²) in [7, 11) is -4.39. The van der Waals surface area contributed by atoms with Gasteiger partial charge in [-0.3, -0.25) is 14.9 Å². The molecule has 1 saturated heterocycles. The molecule has 1 aliphatic heterocycles. The minimum atomic E-state index is -4.73. The molecule has 0 radical (unpaired) electrons. The predicted octanol–water partition coefficient (Wildman–Crippen LogP) is 2.36. The average Bonchev–Trinajstić information content (AvgIpc) is 2.73. The van der Waals surface area contributed by atoms with E-state index in [0.717, 1.165) is 30.0 Å². The second-order valence-electron chi connectivity index (χ2n) is 6.72. The SMILES string of the molecule is O=C(CSC1NCC(S(=O)(=O)c2cccc(C(F)(F)F)c2)C(=O)N1)Nc1ccc(F)cc1. The van der Waals surface area contributed by atoms with Gasteiger partial charge in [-0.25, -0.2) is 12.8 Å². The van der Waals surface area contributed by atoms with Crippen LogP contribution in [0.5, 0.6) is 0 Å². The lowest BCUT2D eigenvalue weighted by Crippen LogP contribution is -2.59. The maximum Gasteiger partial charge on any atom is 0.416 e. The summed E-state index contributed by atoms with van der Waals surface area (Å²) >= 11 is 0.973. The first-order valence-corrected chi connectivity index (χ1v) is 11.7. The van der Waals surface area contributed by atoms with Crippen molar-refractivity contribution in [3.63, 3.8) is 0 Å². The highest BCUT2D eigenvalue weighted by Crippen LogP contribution is 2.31. The number of carbonyl (C=O) groups excluding carboxylic acids is 2. The predicted molar refractivity (Wildman–Crippen MR) is 110 cm³/mol. The Labute approximate surface area is 184 Å². The Kier molecular flexibility index (Phi) is 7.10. The van der Waals surface area contributed by atoms with Gasteiger partial charge >= 0.3 is 6.18 Å². The van der Waals surface area contributed by atoms with Crippen LogP contribution in [0.2, 0.25) is 0 Å². The van der Waals surface area contributed by atoms with E-state index in [1.807, 2.05) is 0 Å². The molecule has 2 amide bonds. The molecule has 3 N–H and O–H groups in total. The minimum absolute atomic E-state index is 0.111. The number of hydrogen-bond acceptors (Lipinski definition) is 6. The lowest BCUT2D eigenvalue weighted by molar-refractivity contribution is -0.137. The van der Waals surface area contributed by atoms with Crippen molar-refractivity contribution in [1.29, 1.82) is 0 Å². The van der Waals surface area contributed by atoms with Gasteiger partial charge in [0.1, 0.15) is 11.3 Å². The molecule has 1 fully saturated rings. The van der Waals surface area contributed by atoms with Gasteiger partial charge in [0.05, 0.1) is 16.2 Å². The second kappa shape index (κ2) is 9.46. The number of nitrogens with one attached hydrogen (secondary N) is 3. The first-order chi connectivity index (χ1) is 15.0. The highest BCUT2D eigenvalue weighted by molar-refractivity contribution is 8.00. The third kappa shape index (κ3) is 5.78. The third-order valence-corrected chi connectivity index (χ3v) is 7.52. The van der Waals surface area contributed by atoms with E-state index in [4.69, 9.17) is 0 Å². The molecule has 0 saturated carbocycles. The zero-order chi connectivity index (χ0) is 23.5. The molecule has 2 aromatic rings. The summed E-state index contributed by atoms with van der Waals surface area (Å²) < 4.78 is 77.0. The summed E-state index contributed by atoms with van der Waals surface area (Å²) in [5.74, 6) is -1.89. The highest BCUT2D eigenvalue weighted by atomic mass is 32.2. The van der Waals surface area contributed by atoms with Gasteiger partial charge in [0, 0.05) is 12.2 Å². The lowest BCUT2D eigenvalue weighted by Gasteiger charge is -2.29. The van der Waals surface area contributed by atoms with Gasteiger partial charge < -0.3 is 10.6 Å². The normalized spacial score (nSPS) is 19.3. The fourth-order valence-corrected chi connectivity index (χ4v) is 5.19. The molecule has 1 aliphatic rings. The van der Waals surface area contributed by atoms with E-state index < -0.39 is 54.9 Å². The number of sulfone groups is 1. The average molecular weight is 491 g/mol. The summed E-state index contributed by atoms with van der Waals surface area (Å²) in [6.45, 7) is -0.346. The fraction of sp³-hybridized carbons (Fsp3) is 0.263. The quantitative estimate of drug-likeness (QED) is 0.536. The van der Waals surface area contributed by atoms with Crippen LogP contribution in [0.25, 0.3) is 0 Å². The smallest absolute Gasteiger partial charge is 0.331 e. The summed E-state index contributed by atoms with van der Waals surface area (Å²) in [5, 5.41) is 6.05. The van der Waals surface area contributed by atoms with Gasteiger partial charge in [-0.2, -0.15) is 13.2 Å². The van der Waals surface area contributed by atoms with Crippen molar-refractivity contribution >= 4 is 39.1 Å². The Morgan fingerprint density at radius 2 is 1.84 bits per heavy atom. The van der Waals surface area contributed by atoms with Crippen LogP contribution in [0.4, 0.5) is 23.2 Å². The molecule has 0 aromatic heterocycles. The van der Waals surface area contributed by atoms with E-state index in [2.05, 4.69) is 16.0 Å². The summed E-state index contributed by atoms with van der Waals surface area (Å²) in [6.07, 6.45) is -4.73. The van der Waals surface area contributed by atoms with Crippen LogP contribution in [-0.2, 0) is 25.6 Å². The van der Waals surface area contributed by atoms with E-state index in [9.17, 15) is 35.6 Å². The number of carbonyl (C=O) groups is 2. The van der Waals surface area contributed by atoms with Crippen molar-refractivity contribution in [3.8, 4) is 0 Å². The van der Waals surface area contributed by atoms with Crippen LogP contribution < -0.4 is 16.0 Å². The van der Waals surface area contributed by atoms with Crippen LogP contribution in [0.1, 0.15) is 5.56 Å². The highest BCUT2D eigenvalue weighted by Gasteiger charge is 2.40. The maximum absolute atomic E-state index is 12.9. The number of alkyl halides is 3. The van der Waals surface area contributed by atoms with Crippen LogP contribution in [0.15, 0.2) is 53.4 Å². The number of amides is 2. The third-order valence-electron chi connectivity index (χ3n) is 4.43. The van der Waals surface area contributed by atoms with Crippen LogP contribution >= 0.6 is 11.8 Å². The Balaban J connectivity index is 1.58. The van der Waals surface area contributed by atoms with Crippen molar-refractivity contribution < 1.29 is 35.6 Å². The standard InChI is InChI=1S/C19H17F4N3O4S2/c20-12-4-6-13(7-5-12)25-16(27)10-31-18-24-9-15(17(28)26-18)32(29,30)14-3-1-2-11(8-14)19(21,22)23/h1-8,15,18,24H,9-10H2,(H,25,27)(H,26,28). The molecular weight excluding hydrogens is 474 g/mol. The zero-order valence-corrected chi connectivity index (χ0v) is 17.8. The largest absolute Gasteiger partial charge is 0.416 e. The van der Waals surface area contributed by atoms with E-state index in [0.29, 0.717) is 11.8 Å².